The molecule has 0 saturated heterocycles. The van der Waals surface area contributed by atoms with Crippen LogP contribution in [0, 0.1) is 11.7 Å². The Morgan fingerprint density at radius 1 is 1.53 bits per heavy atom. The maximum atomic E-state index is 12.9. The molecule has 3 nitrogen and oxygen atoms in total. The summed E-state index contributed by atoms with van der Waals surface area (Å²) < 4.78 is 12.9. The summed E-state index contributed by atoms with van der Waals surface area (Å²) in [5, 5.41) is 11.9. The van der Waals surface area contributed by atoms with Crippen LogP contribution in [0.3, 0.4) is 0 Å². The highest BCUT2D eigenvalue weighted by atomic mass is 35.5. The Hall–Kier alpha value is -1.13. The average molecular weight is 260 g/mol. The van der Waals surface area contributed by atoms with Gasteiger partial charge in [0.1, 0.15) is 11.9 Å². The minimum atomic E-state index is -0.895. The fraction of sp³-hybridized carbons (Fsp3) is 0.417. The highest BCUT2D eigenvalue weighted by Gasteiger charge is 2.20. The quantitative estimate of drug-likeness (QED) is 0.855. The van der Waals surface area contributed by atoms with Crippen LogP contribution in [0.4, 0.5) is 4.39 Å². The Bertz CT molecular complexity index is 409. The molecule has 0 heterocycles. The van der Waals surface area contributed by atoms with Crippen LogP contribution in [-0.2, 0) is 11.3 Å². The number of hydrogen-bond acceptors (Lipinski definition) is 2. The van der Waals surface area contributed by atoms with Crippen molar-refractivity contribution in [1.29, 1.82) is 0 Å². The molecule has 5 heteroatoms. The number of rotatable bonds is 5. The van der Waals surface area contributed by atoms with Crippen molar-refractivity contribution in [2.45, 2.75) is 26.4 Å². The SMILES string of the molecule is CC(C)[C@H](NCc1ccc(F)c(Cl)c1)C(=O)O. The Kier molecular flexibility index (Phi) is 4.90. The lowest BCUT2D eigenvalue weighted by atomic mass is 10.0. The van der Waals surface area contributed by atoms with Gasteiger partial charge in [-0.25, -0.2) is 4.39 Å². The third-order valence-electron chi connectivity index (χ3n) is 2.44. The summed E-state index contributed by atoms with van der Waals surface area (Å²) in [5.74, 6) is -1.40. The zero-order valence-electron chi connectivity index (χ0n) is 9.71. The first kappa shape index (κ1) is 13.9. The molecule has 1 aromatic rings. The van der Waals surface area contributed by atoms with Gasteiger partial charge in [0.25, 0.3) is 0 Å². The van der Waals surface area contributed by atoms with E-state index in [0.29, 0.717) is 6.54 Å². The molecule has 0 aliphatic heterocycles. The van der Waals surface area contributed by atoms with Crippen molar-refractivity contribution < 1.29 is 14.3 Å². The number of nitrogens with one attached hydrogen (secondary N) is 1. The summed E-state index contributed by atoms with van der Waals surface area (Å²) in [6.07, 6.45) is 0. The number of aliphatic carboxylic acids is 1. The van der Waals surface area contributed by atoms with Crippen LogP contribution in [0.1, 0.15) is 19.4 Å². The lowest BCUT2D eigenvalue weighted by Crippen LogP contribution is -2.40. The van der Waals surface area contributed by atoms with E-state index >= 15 is 0 Å². The lowest BCUT2D eigenvalue weighted by Gasteiger charge is -2.17. The molecule has 0 radical (unpaired) electrons. The summed E-state index contributed by atoms with van der Waals surface area (Å²) in [7, 11) is 0. The van der Waals surface area contributed by atoms with Gasteiger partial charge in [0.15, 0.2) is 0 Å². The number of carboxylic acid groups (broad SMARTS) is 1. The minimum absolute atomic E-state index is 0.0246. The van der Waals surface area contributed by atoms with Crippen LogP contribution in [0.25, 0.3) is 0 Å². The number of hydrogen-bond donors (Lipinski definition) is 2. The Morgan fingerprint density at radius 2 is 2.18 bits per heavy atom. The van der Waals surface area contributed by atoms with Crippen molar-refractivity contribution in [1.82, 2.24) is 5.32 Å². The van der Waals surface area contributed by atoms with Gasteiger partial charge in [-0.05, 0) is 23.6 Å². The second-order valence-electron chi connectivity index (χ2n) is 4.19. The second-order valence-corrected chi connectivity index (χ2v) is 4.60. The minimum Gasteiger partial charge on any atom is -0.480 e. The van der Waals surface area contributed by atoms with E-state index in [1.165, 1.54) is 12.1 Å². The fourth-order valence-electron chi connectivity index (χ4n) is 1.49. The zero-order chi connectivity index (χ0) is 13.0. The smallest absolute Gasteiger partial charge is 0.320 e. The molecule has 1 atom stereocenters. The third kappa shape index (κ3) is 3.98. The predicted octanol–water partition coefficient (Wildman–Crippen LogP) is 2.68. The summed E-state index contributed by atoms with van der Waals surface area (Å²) in [6.45, 7) is 3.99. The van der Waals surface area contributed by atoms with E-state index in [2.05, 4.69) is 5.32 Å². The molecule has 17 heavy (non-hydrogen) atoms. The molecule has 0 aromatic heterocycles. The van der Waals surface area contributed by atoms with Crippen LogP contribution in [0.5, 0.6) is 0 Å². The van der Waals surface area contributed by atoms with Gasteiger partial charge in [-0.2, -0.15) is 0 Å². The van der Waals surface area contributed by atoms with Crippen LogP contribution in [0.2, 0.25) is 5.02 Å². The Balaban J connectivity index is 2.65. The van der Waals surface area contributed by atoms with Gasteiger partial charge in [-0.1, -0.05) is 31.5 Å². The summed E-state index contributed by atoms with van der Waals surface area (Å²) in [6, 6.07) is 3.71. The average Bonchev–Trinajstić information content (AvgIpc) is 2.22. The first-order valence-corrected chi connectivity index (χ1v) is 5.69. The Morgan fingerprint density at radius 3 is 2.65 bits per heavy atom. The second kappa shape index (κ2) is 5.98. The first-order valence-electron chi connectivity index (χ1n) is 5.32. The van der Waals surface area contributed by atoms with Crippen molar-refractivity contribution in [2.24, 2.45) is 5.92 Å². The molecule has 1 aromatic carbocycles. The summed E-state index contributed by atoms with van der Waals surface area (Å²) in [5.41, 5.74) is 0.753. The van der Waals surface area contributed by atoms with E-state index in [1.807, 2.05) is 13.8 Å². The highest BCUT2D eigenvalue weighted by Crippen LogP contribution is 2.16. The molecule has 0 aliphatic carbocycles. The van der Waals surface area contributed by atoms with Crippen molar-refractivity contribution >= 4 is 17.6 Å². The molecule has 0 bridgehead atoms. The van der Waals surface area contributed by atoms with Crippen molar-refractivity contribution in [2.75, 3.05) is 0 Å². The van der Waals surface area contributed by atoms with Gasteiger partial charge in [-0.3, -0.25) is 4.79 Å². The molecule has 2 N–H and O–H groups in total. The monoisotopic (exact) mass is 259 g/mol. The van der Waals surface area contributed by atoms with Gasteiger partial charge < -0.3 is 10.4 Å². The van der Waals surface area contributed by atoms with E-state index in [1.54, 1.807) is 6.07 Å². The van der Waals surface area contributed by atoms with Gasteiger partial charge in [0.2, 0.25) is 0 Å². The molecule has 0 unspecified atom stereocenters. The van der Waals surface area contributed by atoms with Crippen molar-refractivity contribution in [3.8, 4) is 0 Å². The van der Waals surface area contributed by atoms with Crippen molar-refractivity contribution in [3.05, 3.63) is 34.6 Å². The number of carboxylic acids is 1. The zero-order valence-corrected chi connectivity index (χ0v) is 10.5. The van der Waals surface area contributed by atoms with Gasteiger partial charge in [0, 0.05) is 6.54 Å². The summed E-state index contributed by atoms with van der Waals surface area (Å²) in [4.78, 5) is 10.9. The van der Waals surface area contributed by atoms with E-state index in [4.69, 9.17) is 16.7 Å². The van der Waals surface area contributed by atoms with Gasteiger partial charge in [0.05, 0.1) is 5.02 Å². The maximum absolute atomic E-state index is 12.9. The molecule has 0 amide bonds. The molecule has 1 rings (SSSR count). The standard InChI is InChI=1S/C12H15ClFNO2/c1-7(2)11(12(16)17)15-6-8-3-4-10(14)9(13)5-8/h3-5,7,11,15H,6H2,1-2H3,(H,16,17)/t11-/m0/s1. The number of benzene rings is 1. The predicted molar refractivity (Wildman–Crippen MR) is 64.5 cm³/mol. The van der Waals surface area contributed by atoms with E-state index in [9.17, 15) is 9.18 Å². The highest BCUT2D eigenvalue weighted by molar-refractivity contribution is 6.30. The number of carbonyl (C=O) groups is 1. The lowest BCUT2D eigenvalue weighted by molar-refractivity contribution is -0.140. The molecular formula is C12H15ClFNO2. The maximum Gasteiger partial charge on any atom is 0.320 e. The fourth-order valence-corrected chi connectivity index (χ4v) is 1.69. The molecule has 0 aliphatic rings. The first-order chi connectivity index (χ1) is 7.91. The van der Waals surface area contributed by atoms with E-state index in [0.717, 1.165) is 5.56 Å². The van der Waals surface area contributed by atoms with Crippen LogP contribution in [-0.4, -0.2) is 17.1 Å². The van der Waals surface area contributed by atoms with Crippen LogP contribution < -0.4 is 5.32 Å². The largest absolute Gasteiger partial charge is 0.480 e. The van der Waals surface area contributed by atoms with Crippen LogP contribution in [0.15, 0.2) is 18.2 Å². The summed E-state index contributed by atoms with van der Waals surface area (Å²) >= 11 is 5.64. The van der Waals surface area contributed by atoms with E-state index in [-0.39, 0.29) is 10.9 Å². The topological polar surface area (TPSA) is 49.3 Å². The van der Waals surface area contributed by atoms with Crippen molar-refractivity contribution in [3.63, 3.8) is 0 Å². The molecule has 94 valence electrons. The molecule has 0 spiro atoms. The molecular weight excluding hydrogens is 245 g/mol. The van der Waals surface area contributed by atoms with Gasteiger partial charge >= 0.3 is 5.97 Å². The van der Waals surface area contributed by atoms with Gasteiger partial charge in [-0.15, -0.1) is 0 Å². The third-order valence-corrected chi connectivity index (χ3v) is 2.73. The molecule has 0 saturated carbocycles. The van der Waals surface area contributed by atoms with E-state index < -0.39 is 17.8 Å². The molecule has 0 fully saturated rings. The Labute approximate surface area is 105 Å². The normalized spacial score (nSPS) is 12.8. The number of halogens is 2. The van der Waals surface area contributed by atoms with Crippen LogP contribution >= 0.6 is 11.6 Å².